The topological polar surface area (TPSA) is 79.0 Å². The predicted octanol–water partition coefficient (Wildman–Crippen LogP) is 1.94. The molecule has 2 heterocycles. The first-order chi connectivity index (χ1) is 11.4. The molecule has 2 aromatic rings. The summed E-state index contributed by atoms with van der Waals surface area (Å²) in [6.45, 7) is 6.77. The molecule has 0 aliphatic carbocycles. The number of imidazole rings is 1. The molecule has 3 rings (SSSR count). The highest BCUT2D eigenvalue weighted by Crippen LogP contribution is 2.27. The van der Waals surface area contributed by atoms with Gasteiger partial charge in [-0.15, -0.1) is 0 Å². The lowest BCUT2D eigenvalue weighted by Gasteiger charge is -2.23. The fraction of sp³-hybridized carbons (Fsp3) is 0.444. The van der Waals surface area contributed by atoms with E-state index in [1.165, 1.54) is 5.69 Å². The number of amides is 1. The average Bonchev–Trinajstić information content (AvgIpc) is 3.00. The van der Waals surface area contributed by atoms with Crippen molar-refractivity contribution in [2.45, 2.75) is 38.8 Å². The third-order valence-corrected chi connectivity index (χ3v) is 3.85. The lowest BCUT2D eigenvalue weighted by atomic mass is 9.98. The first-order valence-electron chi connectivity index (χ1n) is 8.22. The number of carbonyl (C=O) groups is 1. The number of aromatic nitrogens is 2. The molecule has 1 atom stereocenters. The van der Waals surface area contributed by atoms with Gasteiger partial charge in [0.25, 0.3) is 5.91 Å². The summed E-state index contributed by atoms with van der Waals surface area (Å²) >= 11 is 0. The molecular formula is C18H24N4O2. The molecule has 0 bridgehead atoms. The SMILES string of the molecule is CC(C)(C)NC(=O)COc1ccc([C@H]2NCCc3[nH]cnc32)cc1. The van der Waals surface area contributed by atoms with Crippen molar-refractivity contribution < 1.29 is 9.53 Å². The number of carbonyl (C=O) groups excluding carboxylic acids is 1. The number of nitrogens with one attached hydrogen (secondary N) is 3. The number of ether oxygens (including phenoxy) is 1. The molecule has 0 fully saturated rings. The quantitative estimate of drug-likeness (QED) is 0.801. The van der Waals surface area contributed by atoms with E-state index in [2.05, 4.69) is 20.6 Å². The molecule has 0 spiro atoms. The first kappa shape index (κ1) is 16.5. The minimum Gasteiger partial charge on any atom is -0.484 e. The largest absolute Gasteiger partial charge is 0.484 e. The second-order valence-electron chi connectivity index (χ2n) is 7.06. The van der Waals surface area contributed by atoms with Gasteiger partial charge in [-0.05, 0) is 38.5 Å². The maximum Gasteiger partial charge on any atom is 0.258 e. The van der Waals surface area contributed by atoms with E-state index < -0.39 is 0 Å². The van der Waals surface area contributed by atoms with Gasteiger partial charge in [0.1, 0.15) is 5.75 Å². The molecule has 1 amide bonds. The Morgan fingerprint density at radius 2 is 2.08 bits per heavy atom. The van der Waals surface area contributed by atoms with Crippen molar-refractivity contribution in [3.63, 3.8) is 0 Å². The van der Waals surface area contributed by atoms with Gasteiger partial charge in [-0.3, -0.25) is 4.79 Å². The minimum atomic E-state index is -0.252. The van der Waals surface area contributed by atoms with Crippen molar-refractivity contribution in [3.8, 4) is 5.75 Å². The molecule has 128 valence electrons. The normalized spacial score (nSPS) is 17.2. The Kier molecular flexibility index (Phi) is 4.57. The van der Waals surface area contributed by atoms with Crippen LogP contribution in [0.4, 0.5) is 0 Å². The van der Waals surface area contributed by atoms with Crippen molar-refractivity contribution in [3.05, 3.63) is 47.5 Å². The van der Waals surface area contributed by atoms with Crippen LogP contribution in [0.5, 0.6) is 5.75 Å². The second-order valence-corrected chi connectivity index (χ2v) is 7.06. The highest BCUT2D eigenvalue weighted by molar-refractivity contribution is 5.78. The second kappa shape index (κ2) is 6.65. The van der Waals surface area contributed by atoms with Crippen molar-refractivity contribution in [1.29, 1.82) is 0 Å². The van der Waals surface area contributed by atoms with Gasteiger partial charge in [0.2, 0.25) is 0 Å². The van der Waals surface area contributed by atoms with Crippen molar-refractivity contribution >= 4 is 5.91 Å². The molecule has 6 nitrogen and oxygen atoms in total. The predicted molar refractivity (Wildman–Crippen MR) is 92.0 cm³/mol. The third-order valence-electron chi connectivity index (χ3n) is 3.85. The standard InChI is InChI=1S/C18H24N4O2/c1-18(2,3)22-15(23)10-24-13-6-4-12(5-7-13)16-17-14(8-9-19-16)20-11-21-17/h4-7,11,16,19H,8-10H2,1-3H3,(H,20,21)(H,22,23)/t16-/m1/s1. The van der Waals surface area contributed by atoms with Gasteiger partial charge >= 0.3 is 0 Å². The molecule has 0 unspecified atom stereocenters. The van der Waals surface area contributed by atoms with E-state index in [9.17, 15) is 4.79 Å². The maximum atomic E-state index is 11.8. The lowest BCUT2D eigenvalue weighted by Crippen LogP contribution is -2.43. The Bertz CT molecular complexity index is 701. The molecule has 6 heteroatoms. The molecule has 0 radical (unpaired) electrons. The van der Waals surface area contributed by atoms with Crippen molar-refractivity contribution in [1.82, 2.24) is 20.6 Å². The monoisotopic (exact) mass is 328 g/mol. The van der Waals surface area contributed by atoms with Crippen molar-refractivity contribution in [2.24, 2.45) is 0 Å². The molecule has 1 aliphatic rings. The fourth-order valence-corrected chi connectivity index (χ4v) is 2.85. The number of nitrogens with zero attached hydrogens (tertiary/aromatic N) is 1. The summed E-state index contributed by atoms with van der Waals surface area (Å²) in [4.78, 5) is 19.4. The Morgan fingerprint density at radius 1 is 1.33 bits per heavy atom. The number of aromatic amines is 1. The van der Waals surface area contributed by atoms with E-state index in [-0.39, 0.29) is 24.1 Å². The van der Waals surface area contributed by atoms with E-state index in [0.717, 1.165) is 24.2 Å². The summed E-state index contributed by atoms with van der Waals surface area (Å²) in [6, 6.07) is 7.90. The van der Waals surface area contributed by atoms with Crippen LogP contribution in [0.2, 0.25) is 0 Å². The number of benzene rings is 1. The van der Waals surface area contributed by atoms with Gasteiger partial charge in [0, 0.05) is 24.2 Å². The van der Waals surface area contributed by atoms with Gasteiger partial charge in [0.05, 0.1) is 18.1 Å². The van der Waals surface area contributed by atoms with Gasteiger partial charge in [-0.25, -0.2) is 4.98 Å². The number of hydrogen-bond donors (Lipinski definition) is 3. The minimum absolute atomic E-state index is 0.0157. The van der Waals surface area contributed by atoms with E-state index in [1.54, 1.807) is 6.33 Å². The van der Waals surface area contributed by atoms with E-state index in [1.807, 2.05) is 45.0 Å². The molecule has 0 saturated heterocycles. The van der Waals surface area contributed by atoms with Crippen LogP contribution in [0, 0.1) is 0 Å². The Labute approximate surface area is 142 Å². The zero-order valence-corrected chi connectivity index (χ0v) is 14.3. The third kappa shape index (κ3) is 3.94. The Balaban J connectivity index is 1.62. The van der Waals surface area contributed by atoms with Crippen molar-refractivity contribution in [2.75, 3.05) is 13.2 Å². The van der Waals surface area contributed by atoms with Crippen LogP contribution in [0.3, 0.4) is 0 Å². The zero-order valence-electron chi connectivity index (χ0n) is 14.3. The van der Waals surface area contributed by atoms with Crippen LogP contribution in [-0.4, -0.2) is 34.6 Å². The molecule has 3 N–H and O–H groups in total. The van der Waals surface area contributed by atoms with Gasteiger partial charge in [-0.2, -0.15) is 0 Å². The van der Waals surface area contributed by atoms with Gasteiger partial charge < -0.3 is 20.4 Å². The first-order valence-corrected chi connectivity index (χ1v) is 8.22. The molecular weight excluding hydrogens is 304 g/mol. The molecule has 24 heavy (non-hydrogen) atoms. The summed E-state index contributed by atoms with van der Waals surface area (Å²) in [5, 5.41) is 6.36. The highest BCUT2D eigenvalue weighted by Gasteiger charge is 2.23. The maximum absolute atomic E-state index is 11.8. The van der Waals surface area contributed by atoms with Crippen LogP contribution in [-0.2, 0) is 11.2 Å². The van der Waals surface area contributed by atoms with Gasteiger partial charge in [0.15, 0.2) is 6.61 Å². The van der Waals surface area contributed by atoms with Gasteiger partial charge in [-0.1, -0.05) is 12.1 Å². The summed E-state index contributed by atoms with van der Waals surface area (Å²) < 4.78 is 5.56. The van der Waals surface area contributed by atoms with Crippen LogP contribution in [0.1, 0.15) is 43.8 Å². The number of fused-ring (bicyclic) bond motifs is 1. The zero-order chi connectivity index (χ0) is 17.2. The van der Waals surface area contributed by atoms with Crippen LogP contribution >= 0.6 is 0 Å². The van der Waals surface area contributed by atoms with Crippen LogP contribution < -0.4 is 15.4 Å². The van der Waals surface area contributed by atoms with Crippen LogP contribution in [0.25, 0.3) is 0 Å². The number of rotatable bonds is 4. The summed E-state index contributed by atoms with van der Waals surface area (Å²) in [6.07, 6.45) is 2.71. The molecule has 1 aliphatic heterocycles. The molecule has 1 aromatic carbocycles. The van der Waals surface area contributed by atoms with E-state index in [4.69, 9.17) is 4.74 Å². The summed E-state index contributed by atoms with van der Waals surface area (Å²) in [5.41, 5.74) is 3.13. The average molecular weight is 328 g/mol. The summed E-state index contributed by atoms with van der Waals surface area (Å²) in [7, 11) is 0. The van der Waals surface area contributed by atoms with E-state index in [0.29, 0.717) is 5.75 Å². The summed E-state index contributed by atoms with van der Waals surface area (Å²) in [5.74, 6) is 0.558. The Hall–Kier alpha value is -2.34. The Morgan fingerprint density at radius 3 is 2.79 bits per heavy atom. The number of hydrogen-bond acceptors (Lipinski definition) is 4. The smallest absolute Gasteiger partial charge is 0.258 e. The molecule has 1 aromatic heterocycles. The molecule has 0 saturated carbocycles. The fourth-order valence-electron chi connectivity index (χ4n) is 2.85. The van der Waals surface area contributed by atoms with Crippen LogP contribution in [0.15, 0.2) is 30.6 Å². The number of H-pyrrole nitrogens is 1. The lowest BCUT2D eigenvalue weighted by molar-refractivity contribution is -0.124. The van der Waals surface area contributed by atoms with E-state index >= 15 is 0 Å². The highest BCUT2D eigenvalue weighted by atomic mass is 16.5.